The molecule has 1 aromatic heterocycles. The van der Waals surface area contributed by atoms with E-state index in [0.29, 0.717) is 26.2 Å². The molecule has 2 aromatic rings. The van der Waals surface area contributed by atoms with Crippen LogP contribution in [0.15, 0.2) is 47.6 Å². The lowest BCUT2D eigenvalue weighted by Crippen LogP contribution is -2.34. The SMILES string of the molecule is CC1(CN)CCN(S(=O)(=O)c2cnn(Cc3ccccc3)c2)C1.Cl. The first-order valence-corrected chi connectivity index (χ1v) is 9.14. The van der Waals surface area contributed by atoms with E-state index in [1.165, 1.54) is 10.5 Å². The quantitative estimate of drug-likeness (QED) is 0.868. The Hall–Kier alpha value is -1.41. The predicted octanol–water partition coefficient (Wildman–Crippen LogP) is 1.71. The Morgan fingerprint density at radius 1 is 1.29 bits per heavy atom. The lowest BCUT2D eigenvalue weighted by molar-refractivity contribution is 0.349. The van der Waals surface area contributed by atoms with Crippen LogP contribution in [0.4, 0.5) is 0 Å². The number of benzene rings is 1. The first-order valence-electron chi connectivity index (χ1n) is 7.70. The second kappa shape index (κ2) is 7.23. The minimum atomic E-state index is -3.50. The smallest absolute Gasteiger partial charge is 0.246 e. The largest absolute Gasteiger partial charge is 0.330 e. The molecule has 3 rings (SSSR count). The van der Waals surface area contributed by atoms with E-state index < -0.39 is 10.0 Å². The van der Waals surface area contributed by atoms with Crippen molar-refractivity contribution in [3.63, 3.8) is 0 Å². The normalized spacial score (nSPS) is 21.6. The Labute approximate surface area is 149 Å². The number of hydrogen-bond donors (Lipinski definition) is 1. The van der Waals surface area contributed by atoms with Crippen LogP contribution in [-0.4, -0.2) is 42.1 Å². The van der Waals surface area contributed by atoms with E-state index in [-0.39, 0.29) is 22.7 Å². The Kier molecular flexibility index (Phi) is 5.70. The molecule has 2 N–H and O–H groups in total. The van der Waals surface area contributed by atoms with Gasteiger partial charge in [0.2, 0.25) is 10.0 Å². The second-order valence-corrected chi connectivity index (χ2v) is 8.40. The molecular weight excluding hydrogens is 348 g/mol. The van der Waals surface area contributed by atoms with Crippen molar-refractivity contribution in [2.75, 3.05) is 19.6 Å². The summed E-state index contributed by atoms with van der Waals surface area (Å²) in [6, 6.07) is 9.83. The van der Waals surface area contributed by atoms with E-state index in [1.54, 1.807) is 10.9 Å². The fourth-order valence-electron chi connectivity index (χ4n) is 2.83. The Bertz CT molecular complexity index is 778. The van der Waals surface area contributed by atoms with Gasteiger partial charge >= 0.3 is 0 Å². The van der Waals surface area contributed by atoms with Gasteiger partial charge in [-0.25, -0.2) is 8.42 Å². The highest BCUT2D eigenvalue weighted by Gasteiger charge is 2.39. The van der Waals surface area contributed by atoms with Crippen LogP contribution < -0.4 is 5.73 Å². The summed E-state index contributed by atoms with van der Waals surface area (Å²) >= 11 is 0. The number of sulfonamides is 1. The van der Waals surface area contributed by atoms with Crippen molar-refractivity contribution >= 4 is 22.4 Å². The van der Waals surface area contributed by atoms with E-state index >= 15 is 0 Å². The van der Waals surface area contributed by atoms with Gasteiger partial charge in [0.05, 0.1) is 12.7 Å². The van der Waals surface area contributed by atoms with Gasteiger partial charge in [0.15, 0.2) is 0 Å². The topological polar surface area (TPSA) is 81.2 Å². The lowest BCUT2D eigenvalue weighted by Gasteiger charge is -2.21. The van der Waals surface area contributed by atoms with Gasteiger partial charge in [-0.3, -0.25) is 4.68 Å². The minimum absolute atomic E-state index is 0. The van der Waals surface area contributed by atoms with Crippen LogP contribution >= 0.6 is 12.4 Å². The van der Waals surface area contributed by atoms with Crippen LogP contribution in [0.5, 0.6) is 0 Å². The van der Waals surface area contributed by atoms with Crippen LogP contribution in [0, 0.1) is 5.41 Å². The molecule has 0 radical (unpaired) electrons. The van der Waals surface area contributed by atoms with Crippen molar-refractivity contribution in [2.45, 2.75) is 24.8 Å². The van der Waals surface area contributed by atoms with E-state index in [1.807, 2.05) is 37.3 Å². The number of halogens is 1. The van der Waals surface area contributed by atoms with E-state index in [2.05, 4.69) is 5.10 Å². The van der Waals surface area contributed by atoms with Gasteiger partial charge in [0, 0.05) is 19.3 Å². The standard InChI is InChI=1S/C16H22N4O2S.ClH/c1-16(12-17)7-8-20(13-16)23(21,22)15-9-18-19(11-15)10-14-5-3-2-4-6-14;/h2-6,9,11H,7-8,10,12-13,17H2,1H3;1H. The first kappa shape index (κ1) is 18.9. The van der Waals surface area contributed by atoms with Crippen LogP contribution in [0.3, 0.4) is 0 Å². The molecule has 0 bridgehead atoms. The van der Waals surface area contributed by atoms with E-state index in [4.69, 9.17) is 5.73 Å². The van der Waals surface area contributed by atoms with Gasteiger partial charge in [0.25, 0.3) is 0 Å². The molecule has 0 spiro atoms. The zero-order valence-electron chi connectivity index (χ0n) is 13.6. The van der Waals surface area contributed by atoms with Gasteiger partial charge < -0.3 is 5.73 Å². The molecule has 0 aliphatic carbocycles. The molecule has 1 saturated heterocycles. The number of nitrogens with two attached hydrogens (primary N) is 1. The molecule has 0 saturated carbocycles. The van der Waals surface area contributed by atoms with E-state index in [0.717, 1.165) is 12.0 Å². The zero-order valence-corrected chi connectivity index (χ0v) is 15.3. The summed E-state index contributed by atoms with van der Waals surface area (Å²) in [7, 11) is -3.50. The predicted molar refractivity (Wildman–Crippen MR) is 95.6 cm³/mol. The average molecular weight is 371 g/mol. The Balaban J connectivity index is 0.00000208. The highest BCUT2D eigenvalue weighted by Crippen LogP contribution is 2.32. The maximum absolute atomic E-state index is 12.7. The summed E-state index contributed by atoms with van der Waals surface area (Å²) in [5.74, 6) is 0. The number of aromatic nitrogens is 2. The molecule has 8 heteroatoms. The third kappa shape index (κ3) is 3.80. The highest BCUT2D eigenvalue weighted by molar-refractivity contribution is 7.89. The third-order valence-corrected chi connectivity index (χ3v) is 6.25. The van der Waals surface area contributed by atoms with Gasteiger partial charge in [-0.15, -0.1) is 12.4 Å². The van der Waals surface area contributed by atoms with Gasteiger partial charge in [-0.2, -0.15) is 9.40 Å². The average Bonchev–Trinajstić information content (AvgIpc) is 3.17. The number of rotatable bonds is 5. The third-order valence-electron chi connectivity index (χ3n) is 4.45. The molecule has 1 aliphatic rings. The number of hydrogen-bond acceptors (Lipinski definition) is 4. The molecule has 1 unspecified atom stereocenters. The number of nitrogens with zero attached hydrogens (tertiary/aromatic N) is 3. The maximum Gasteiger partial charge on any atom is 0.246 e. The summed E-state index contributed by atoms with van der Waals surface area (Å²) in [5, 5.41) is 4.19. The second-order valence-electron chi connectivity index (χ2n) is 6.46. The van der Waals surface area contributed by atoms with Crippen molar-refractivity contribution in [2.24, 2.45) is 11.1 Å². The molecule has 24 heavy (non-hydrogen) atoms. The Morgan fingerprint density at radius 3 is 2.62 bits per heavy atom. The summed E-state index contributed by atoms with van der Waals surface area (Å²) in [6.45, 7) is 4.06. The minimum Gasteiger partial charge on any atom is -0.330 e. The molecule has 1 aromatic carbocycles. The Morgan fingerprint density at radius 2 is 2.00 bits per heavy atom. The van der Waals surface area contributed by atoms with Gasteiger partial charge in [-0.1, -0.05) is 37.3 Å². The summed E-state index contributed by atoms with van der Waals surface area (Å²) in [6.07, 6.45) is 3.82. The zero-order chi connectivity index (χ0) is 16.5. The van der Waals surface area contributed by atoms with Crippen LogP contribution in [0.25, 0.3) is 0 Å². The van der Waals surface area contributed by atoms with Gasteiger partial charge in [-0.05, 0) is 23.9 Å². The fourth-order valence-corrected chi connectivity index (χ4v) is 4.38. The summed E-state index contributed by atoms with van der Waals surface area (Å²) in [4.78, 5) is 0.245. The molecule has 0 amide bonds. The van der Waals surface area contributed by atoms with Crippen LogP contribution in [0.2, 0.25) is 0 Å². The molecule has 6 nitrogen and oxygen atoms in total. The molecule has 132 valence electrons. The molecule has 1 fully saturated rings. The van der Waals surface area contributed by atoms with Crippen LogP contribution in [-0.2, 0) is 16.6 Å². The van der Waals surface area contributed by atoms with Crippen LogP contribution in [0.1, 0.15) is 18.9 Å². The first-order chi connectivity index (χ1) is 10.9. The highest BCUT2D eigenvalue weighted by atomic mass is 35.5. The summed E-state index contributed by atoms with van der Waals surface area (Å²) in [5.41, 5.74) is 6.71. The maximum atomic E-state index is 12.7. The molecule has 2 heterocycles. The molecule has 1 aliphatic heterocycles. The van der Waals surface area contributed by atoms with Crippen molar-refractivity contribution in [1.82, 2.24) is 14.1 Å². The monoisotopic (exact) mass is 370 g/mol. The van der Waals surface area contributed by atoms with Crippen molar-refractivity contribution in [3.8, 4) is 0 Å². The van der Waals surface area contributed by atoms with Crippen molar-refractivity contribution < 1.29 is 8.42 Å². The molecule has 1 atom stereocenters. The van der Waals surface area contributed by atoms with Crippen molar-refractivity contribution in [1.29, 1.82) is 0 Å². The van der Waals surface area contributed by atoms with E-state index in [9.17, 15) is 8.42 Å². The fraction of sp³-hybridized carbons (Fsp3) is 0.438. The summed E-state index contributed by atoms with van der Waals surface area (Å²) < 4.78 is 28.6. The lowest BCUT2D eigenvalue weighted by atomic mass is 9.90. The van der Waals surface area contributed by atoms with Crippen molar-refractivity contribution in [3.05, 3.63) is 48.3 Å². The van der Waals surface area contributed by atoms with Gasteiger partial charge in [0.1, 0.15) is 4.90 Å². The molecular formula is C16H23ClN4O2S.